The van der Waals surface area contributed by atoms with E-state index >= 15 is 0 Å². The van der Waals surface area contributed by atoms with E-state index in [1.165, 1.54) is 0 Å². The molecule has 0 fully saturated rings. The van der Waals surface area contributed by atoms with E-state index in [1.54, 1.807) is 18.2 Å². The standard InChI is InChI=1S/C10H11NO/c1-2-4-9-8(7-11)5-3-6-10(9)12/h3,5-6,12H,2,4H2,1H3. The first-order chi connectivity index (χ1) is 5.79. The first-order valence-electron chi connectivity index (χ1n) is 4.00. The maximum absolute atomic E-state index is 9.40. The topological polar surface area (TPSA) is 44.0 Å². The Bertz CT molecular complexity index is 312. The molecule has 0 unspecified atom stereocenters. The first kappa shape index (κ1) is 8.61. The lowest BCUT2D eigenvalue weighted by atomic mass is 10.0. The first-order valence-corrected chi connectivity index (χ1v) is 4.00. The normalized spacial score (nSPS) is 9.33. The van der Waals surface area contributed by atoms with Gasteiger partial charge in [-0.1, -0.05) is 19.4 Å². The molecule has 0 bridgehead atoms. The molecule has 0 spiro atoms. The van der Waals surface area contributed by atoms with Crippen molar-refractivity contribution in [2.75, 3.05) is 0 Å². The van der Waals surface area contributed by atoms with Crippen molar-refractivity contribution in [2.24, 2.45) is 0 Å². The van der Waals surface area contributed by atoms with E-state index in [0.717, 1.165) is 18.4 Å². The van der Waals surface area contributed by atoms with E-state index in [2.05, 4.69) is 6.07 Å². The van der Waals surface area contributed by atoms with Gasteiger partial charge in [-0.3, -0.25) is 0 Å². The number of benzene rings is 1. The Morgan fingerprint density at radius 3 is 2.83 bits per heavy atom. The van der Waals surface area contributed by atoms with Crippen LogP contribution in [0.15, 0.2) is 18.2 Å². The lowest BCUT2D eigenvalue weighted by molar-refractivity contribution is 0.467. The van der Waals surface area contributed by atoms with Crippen molar-refractivity contribution >= 4 is 0 Å². The van der Waals surface area contributed by atoms with E-state index in [4.69, 9.17) is 5.26 Å². The molecule has 0 atom stereocenters. The zero-order chi connectivity index (χ0) is 8.97. The van der Waals surface area contributed by atoms with Gasteiger partial charge in [-0.2, -0.15) is 5.26 Å². The zero-order valence-corrected chi connectivity index (χ0v) is 7.04. The van der Waals surface area contributed by atoms with Gasteiger partial charge in [-0.25, -0.2) is 0 Å². The summed E-state index contributed by atoms with van der Waals surface area (Å²) < 4.78 is 0. The van der Waals surface area contributed by atoms with Gasteiger partial charge >= 0.3 is 0 Å². The third-order valence-electron chi connectivity index (χ3n) is 1.77. The number of phenols is 1. The molecular formula is C10H11NO. The van der Waals surface area contributed by atoms with Gasteiger partial charge in [-0.15, -0.1) is 0 Å². The van der Waals surface area contributed by atoms with Crippen molar-refractivity contribution in [1.82, 2.24) is 0 Å². The Labute approximate surface area is 72.1 Å². The summed E-state index contributed by atoms with van der Waals surface area (Å²) in [4.78, 5) is 0. The predicted octanol–water partition coefficient (Wildman–Crippen LogP) is 2.22. The van der Waals surface area contributed by atoms with Gasteiger partial charge in [-0.05, 0) is 18.6 Å². The van der Waals surface area contributed by atoms with Crippen LogP contribution in [0.3, 0.4) is 0 Å². The molecule has 0 radical (unpaired) electrons. The van der Waals surface area contributed by atoms with Crippen LogP contribution in [0.2, 0.25) is 0 Å². The van der Waals surface area contributed by atoms with Crippen molar-refractivity contribution in [2.45, 2.75) is 19.8 Å². The summed E-state index contributed by atoms with van der Waals surface area (Å²) in [6, 6.07) is 7.09. The highest BCUT2D eigenvalue weighted by Crippen LogP contribution is 2.21. The zero-order valence-electron chi connectivity index (χ0n) is 7.04. The number of phenolic OH excluding ortho intramolecular Hbond substituents is 1. The molecule has 0 aliphatic heterocycles. The van der Waals surface area contributed by atoms with Crippen LogP contribution in [0.25, 0.3) is 0 Å². The van der Waals surface area contributed by atoms with Gasteiger partial charge in [0.2, 0.25) is 0 Å². The monoisotopic (exact) mass is 161 g/mol. The highest BCUT2D eigenvalue weighted by Gasteiger charge is 2.04. The van der Waals surface area contributed by atoms with Crippen LogP contribution in [-0.4, -0.2) is 5.11 Å². The number of hydrogen-bond donors (Lipinski definition) is 1. The Hall–Kier alpha value is -1.49. The van der Waals surface area contributed by atoms with Gasteiger partial charge in [0.1, 0.15) is 5.75 Å². The second-order valence-electron chi connectivity index (χ2n) is 2.67. The van der Waals surface area contributed by atoms with Crippen molar-refractivity contribution in [3.05, 3.63) is 29.3 Å². The molecule has 0 amide bonds. The van der Waals surface area contributed by atoms with E-state index < -0.39 is 0 Å². The highest BCUT2D eigenvalue weighted by molar-refractivity contribution is 5.45. The van der Waals surface area contributed by atoms with E-state index in [0.29, 0.717) is 5.56 Å². The smallest absolute Gasteiger partial charge is 0.120 e. The Balaban J connectivity index is 3.13. The average molecular weight is 161 g/mol. The quantitative estimate of drug-likeness (QED) is 0.722. The summed E-state index contributed by atoms with van der Waals surface area (Å²) in [5.41, 5.74) is 1.35. The fraction of sp³-hybridized carbons (Fsp3) is 0.300. The molecule has 2 heteroatoms. The molecule has 1 N–H and O–H groups in total. The number of rotatable bonds is 2. The fourth-order valence-electron chi connectivity index (χ4n) is 1.19. The van der Waals surface area contributed by atoms with Crippen LogP contribution in [0.1, 0.15) is 24.5 Å². The summed E-state index contributed by atoms with van der Waals surface area (Å²) >= 11 is 0. The van der Waals surface area contributed by atoms with Crippen molar-refractivity contribution in [3.8, 4) is 11.8 Å². The van der Waals surface area contributed by atoms with Crippen molar-refractivity contribution in [3.63, 3.8) is 0 Å². The summed E-state index contributed by atoms with van der Waals surface area (Å²) in [5, 5.41) is 18.1. The molecule has 12 heavy (non-hydrogen) atoms. The molecule has 1 aromatic rings. The fourth-order valence-corrected chi connectivity index (χ4v) is 1.19. The van der Waals surface area contributed by atoms with Crippen LogP contribution in [0.4, 0.5) is 0 Å². The Morgan fingerprint density at radius 1 is 1.50 bits per heavy atom. The molecule has 0 aromatic heterocycles. The van der Waals surface area contributed by atoms with Gasteiger partial charge in [0.15, 0.2) is 0 Å². The maximum atomic E-state index is 9.40. The van der Waals surface area contributed by atoms with E-state index in [9.17, 15) is 5.11 Å². The molecule has 0 aliphatic carbocycles. The lowest BCUT2D eigenvalue weighted by Crippen LogP contribution is -1.89. The number of aromatic hydroxyl groups is 1. The summed E-state index contributed by atoms with van der Waals surface area (Å²) in [6.45, 7) is 2.02. The van der Waals surface area contributed by atoms with Crippen LogP contribution < -0.4 is 0 Å². The summed E-state index contributed by atoms with van der Waals surface area (Å²) in [7, 11) is 0. The highest BCUT2D eigenvalue weighted by atomic mass is 16.3. The average Bonchev–Trinajstić information content (AvgIpc) is 2.09. The Morgan fingerprint density at radius 2 is 2.25 bits per heavy atom. The number of nitriles is 1. The SMILES string of the molecule is CCCc1c(O)cccc1C#N. The van der Waals surface area contributed by atoms with Gasteiger partial charge < -0.3 is 5.11 Å². The van der Waals surface area contributed by atoms with Gasteiger partial charge in [0.25, 0.3) is 0 Å². The summed E-state index contributed by atoms with van der Waals surface area (Å²) in [6.07, 6.45) is 1.70. The minimum atomic E-state index is 0.232. The second-order valence-corrected chi connectivity index (χ2v) is 2.67. The molecule has 1 aromatic carbocycles. The predicted molar refractivity (Wildman–Crippen MR) is 46.8 cm³/mol. The van der Waals surface area contributed by atoms with Crippen LogP contribution in [0.5, 0.6) is 5.75 Å². The molecule has 0 saturated heterocycles. The maximum Gasteiger partial charge on any atom is 0.120 e. The third kappa shape index (κ3) is 1.57. The minimum Gasteiger partial charge on any atom is -0.508 e. The molecule has 1 rings (SSSR count). The summed E-state index contributed by atoms with van der Waals surface area (Å²) in [5.74, 6) is 0.232. The number of nitrogens with zero attached hydrogens (tertiary/aromatic N) is 1. The number of hydrogen-bond acceptors (Lipinski definition) is 2. The largest absolute Gasteiger partial charge is 0.508 e. The van der Waals surface area contributed by atoms with Gasteiger partial charge in [0.05, 0.1) is 11.6 Å². The molecule has 0 aliphatic rings. The van der Waals surface area contributed by atoms with Crippen LogP contribution >= 0.6 is 0 Å². The lowest BCUT2D eigenvalue weighted by Gasteiger charge is -2.03. The van der Waals surface area contributed by atoms with Crippen molar-refractivity contribution < 1.29 is 5.11 Å². The van der Waals surface area contributed by atoms with Crippen LogP contribution in [-0.2, 0) is 6.42 Å². The van der Waals surface area contributed by atoms with Crippen molar-refractivity contribution in [1.29, 1.82) is 5.26 Å². The second kappa shape index (κ2) is 3.77. The molecule has 62 valence electrons. The Kier molecular flexibility index (Phi) is 2.71. The molecule has 2 nitrogen and oxygen atoms in total. The van der Waals surface area contributed by atoms with E-state index in [1.807, 2.05) is 6.92 Å². The molecule has 0 heterocycles. The van der Waals surface area contributed by atoms with Gasteiger partial charge in [0, 0.05) is 5.56 Å². The van der Waals surface area contributed by atoms with Crippen LogP contribution in [0, 0.1) is 11.3 Å². The molecular weight excluding hydrogens is 150 g/mol. The third-order valence-corrected chi connectivity index (χ3v) is 1.77. The van der Waals surface area contributed by atoms with E-state index in [-0.39, 0.29) is 5.75 Å². The molecule has 0 saturated carbocycles. The minimum absolute atomic E-state index is 0.232.